The molecule has 0 spiro atoms. The van der Waals surface area contributed by atoms with Gasteiger partial charge in [0, 0.05) is 5.69 Å². The fraction of sp³-hybridized carbons (Fsp3) is 0.333. The highest BCUT2D eigenvalue weighted by Gasteiger charge is 2.19. The molecule has 1 atom stereocenters. The number of carbonyl (C=O) groups excluding carboxylic acids is 2. The second-order valence-electron chi connectivity index (χ2n) is 6.49. The summed E-state index contributed by atoms with van der Waals surface area (Å²) in [7, 11) is 1.57. The van der Waals surface area contributed by atoms with Gasteiger partial charge in [-0.2, -0.15) is 0 Å². The molecule has 0 saturated carbocycles. The summed E-state index contributed by atoms with van der Waals surface area (Å²) in [5.74, 6) is 0.812. The summed E-state index contributed by atoms with van der Waals surface area (Å²) < 4.78 is 15.9. The van der Waals surface area contributed by atoms with Crippen LogP contribution in [0.15, 0.2) is 48.5 Å². The van der Waals surface area contributed by atoms with Gasteiger partial charge in [-0.1, -0.05) is 13.8 Å². The Balaban J connectivity index is 1.88. The molecule has 2 rings (SSSR count). The third kappa shape index (κ3) is 6.33. The summed E-state index contributed by atoms with van der Waals surface area (Å²) in [4.78, 5) is 24.4. The van der Waals surface area contributed by atoms with Gasteiger partial charge in [0.25, 0.3) is 5.91 Å². The monoisotopic (exact) mass is 371 g/mol. The number of methoxy groups -OCH3 is 1. The van der Waals surface area contributed by atoms with Gasteiger partial charge in [0.2, 0.25) is 0 Å². The molecule has 1 amide bonds. The summed E-state index contributed by atoms with van der Waals surface area (Å²) in [5, 5.41) is 2.69. The molecule has 144 valence electrons. The predicted molar refractivity (Wildman–Crippen MR) is 103 cm³/mol. The van der Waals surface area contributed by atoms with Gasteiger partial charge in [-0.05, 0) is 61.4 Å². The summed E-state index contributed by atoms with van der Waals surface area (Å²) in [5.41, 5.74) is 0.950. The van der Waals surface area contributed by atoms with E-state index in [1.165, 1.54) is 6.92 Å². The van der Waals surface area contributed by atoms with Crippen LogP contribution in [0.2, 0.25) is 0 Å². The number of esters is 1. The van der Waals surface area contributed by atoms with E-state index in [2.05, 4.69) is 19.2 Å². The number of anilines is 1. The van der Waals surface area contributed by atoms with Crippen molar-refractivity contribution in [2.24, 2.45) is 5.92 Å². The number of nitrogens with one attached hydrogen (secondary N) is 1. The Bertz CT molecular complexity index is 753. The van der Waals surface area contributed by atoms with Gasteiger partial charge in [-0.15, -0.1) is 0 Å². The first-order chi connectivity index (χ1) is 12.9. The third-order valence-corrected chi connectivity index (χ3v) is 3.68. The molecule has 0 heterocycles. The average Bonchev–Trinajstić information content (AvgIpc) is 2.67. The Kier molecular flexibility index (Phi) is 7.23. The molecule has 0 saturated heterocycles. The topological polar surface area (TPSA) is 73.9 Å². The first-order valence-electron chi connectivity index (χ1n) is 8.77. The van der Waals surface area contributed by atoms with Gasteiger partial charge < -0.3 is 19.5 Å². The lowest BCUT2D eigenvalue weighted by Crippen LogP contribution is -2.30. The van der Waals surface area contributed by atoms with Crippen LogP contribution >= 0.6 is 0 Å². The van der Waals surface area contributed by atoms with Gasteiger partial charge in [0.15, 0.2) is 6.10 Å². The molecular weight excluding hydrogens is 346 g/mol. The van der Waals surface area contributed by atoms with Gasteiger partial charge >= 0.3 is 5.97 Å². The quantitative estimate of drug-likeness (QED) is 0.712. The van der Waals surface area contributed by atoms with E-state index in [0.29, 0.717) is 35.3 Å². The van der Waals surface area contributed by atoms with E-state index < -0.39 is 18.0 Å². The molecule has 27 heavy (non-hydrogen) atoms. The van der Waals surface area contributed by atoms with Crippen molar-refractivity contribution in [3.05, 3.63) is 54.1 Å². The summed E-state index contributed by atoms with van der Waals surface area (Å²) in [6, 6.07) is 13.5. The van der Waals surface area contributed by atoms with Crippen LogP contribution in [0.1, 0.15) is 31.1 Å². The molecule has 0 unspecified atom stereocenters. The zero-order valence-electron chi connectivity index (χ0n) is 16.0. The van der Waals surface area contributed by atoms with Crippen LogP contribution in [-0.4, -0.2) is 31.7 Å². The fourth-order valence-corrected chi connectivity index (χ4v) is 2.15. The van der Waals surface area contributed by atoms with Crippen molar-refractivity contribution >= 4 is 17.6 Å². The van der Waals surface area contributed by atoms with Crippen LogP contribution < -0.4 is 14.8 Å². The van der Waals surface area contributed by atoms with Crippen molar-refractivity contribution < 1.29 is 23.8 Å². The zero-order valence-corrected chi connectivity index (χ0v) is 16.0. The lowest BCUT2D eigenvalue weighted by atomic mass is 10.2. The number of benzene rings is 2. The molecular formula is C21H25NO5. The van der Waals surface area contributed by atoms with Crippen molar-refractivity contribution in [3.8, 4) is 11.5 Å². The van der Waals surface area contributed by atoms with Crippen LogP contribution in [0.25, 0.3) is 0 Å². The van der Waals surface area contributed by atoms with E-state index >= 15 is 0 Å². The van der Waals surface area contributed by atoms with Crippen LogP contribution in [0.3, 0.4) is 0 Å². The maximum absolute atomic E-state index is 12.2. The molecule has 6 heteroatoms. The molecule has 2 aromatic carbocycles. The minimum atomic E-state index is -0.934. The predicted octanol–water partition coefficient (Wildman–Crippen LogP) is 3.91. The molecule has 2 aromatic rings. The van der Waals surface area contributed by atoms with Gasteiger partial charge in [-0.3, -0.25) is 4.79 Å². The van der Waals surface area contributed by atoms with Crippen LogP contribution in [-0.2, 0) is 9.53 Å². The summed E-state index contributed by atoms with van der Waals surface area (Å²) in [6.45, 7) is 6.25. The zero-order chi connectivity index (χ0) is 19.8. The van der Waals surface area contributed by atoms with E-state index in [4.69, 9.17) is 14.2 Å². The smallest absolute Gasteiger partial charge is 0.338 e. The molecule has 0 aliphatic rings. The molecule has 1 N–H and O–H groups in total. The van der Waals surface area contributed by atoms with Crippen molar-refractivity contribution in [1.82, 2.24) is 0 Å². The van der Waals surface area contributed by atoms with Crippen molar-refractivity contribution in [2.45, 2.75) is 26.9 Å². The number of hydrogen-bond acceptors (Lipinski definition) is 5. The number of rotatable bonds is 8. The second kappa shape index (κ2) is 9.62. The number of hydrogen-bond donors (Lipinski definition) is 1. The SMILES string of the molecule is COc1ccc(NC(=O)[C@H](C)OC(=O)c2ccc(OCC(C)C)cc2)cc1. The molecule has 0 aromatic heterocycles. The lowest BCUT2D eigenvalue weighted by molar-refractivity contribution is -0.123. The van der Waals surface area contributed by atoms with Crippen molar-refractivity contribution in [3.63, 3.8) is 0 Å². The molecule has 0 aliphatic carbocycles. The Morgan fingerprint density at radius 2 is 1.52 bits per heavy atom. The Labute approximate surface area is 159 Å². The highest BCUT2D eigenvalue weighted by molar-refractivity contribution is 5.97. The fourth-order valence-electron chi connectivity index (χ4n) is 2.15. The summed E-state index contributed by atoms with van der Waals surface area (Å²) >= 11 is 0. The third-order valence-electron chi connectivity index (χ3n) is 3.68. The van der Waals surface area contributed by atoms with E-state index in [0.717, 1.165) is 0 Å². The van der Waals surface area contributed by atoms with E-state index in [-0.39, 0.29) is 0 Å². The highest BCUT2D eigenvalue weighted by Crippen LogP contribution is 2.17. The standard InChI is InChI=1S/C21H25NO5/c1-14(2)13-26-19-9-5-16(6-10-19)21(24)27-15(3)20(23)22-17-7-11-18(25-4)12-8-17/h5-12,14-15H,13H2,1-4H3,(H,22,23)/t15-/m0/s1. The maximum atomic E-state index is 12.2. The van der Waals surface area contributed by atoms with Gasteiger partial charge in [0.1, 0.15) is 11.5 Å². The average molecular weight is 371 g/mol. The normalized spacial score (nSPS) is 11.6. The van der Waals surface area contributed by atoms with E-state index in [9.17, 15) is 9.59 Å². The summed E-state index contributed by atoms with van der Waals surface area (Å²) in [6.07, 6.45) is -0.934. The molecule has 0 radical (unpaired) electrons. The van der Waals surface area contributed by atoms with E-state index in [1.54, 1.807) is 55.6 Å². The number of amides is 1. The Hall–Kier alpha value is -3.02. The largest absolute Gasteiger partial charge is 0.497 e. The maximum Gasteiger partial charge on any atom is 0.338 e. The molecule has 0 fully saturated rings. The van der Waals surface area contributed by atoms with Gasteiger partial charge in [-0.25, -0.2) is 4.79 Å². The van der Waals surface area contributed by atoms with Crippen molar-refractivity contribution in [1.29, 1.82) is 0 Å². The van der Waals surface area contributed by atoms with Crippen molar-refractivity contribution in [2.75, 3.05) is 19.0 Å². The highest BCUT2D eigenvalue weighted by atomic mass is 16.5. The second-order valence-corrected chi connectivity index (χ2v) is 6.49. The first-order valence-corrected chi connectivity index (χ1v) is 8.77. The molecule has 6 nitrogen and oxygen atoms in total. The Morgan fingerprint density at radius 3 is 2.07 bits per heavy atom. The number of ether oxygens (including phenoxy) is 3. The van der Waals surface area contributed by atoms with Crippen LogP contribution in [0.5, 0.6) is 11.5 Å². The molecule has 0 aliphatic heterocycles. The van der Waals surface area contributed by atoms with E-state index in [1.807, 2.05) is 0 Å². The molecule has 0 bridgehead atoms. The lowest BCUT2D eigenvalue weighted by Gasteiger charge is -2.14. The van der Waals surface area contributed by atoms with Crippen LogP contribution in [0, 0.1) is 5.92 Å². The van der Waals surface area contributed by atoms with Crippen LogP contribution in [0.4, 0.5) is 5.69 Å². The number of carbonyl (C=O) groups is 2. The minimum absolute atomic E-state index is 0.357. The Morgan fingerprint density at radius 1 is 0.926 bits per heavy atom. The minimum Gasteiger partial charge on any atom is -0.497 e. The first kappa shape index (κ1) is 20.3. The van der Waals surface area contributed by atoms with Gasteiger partial charge in [0.05, 0.1) is 19.3 Å².